The molecular weight excluding hydrogens is 354 g/mol. The number of H-pyrrole nitrogens is 1. The number of hydrogen-bond acceptors (Lipinski definition) is 4. The van der Waals surface area contributed by atoms with Gasteiger partial charge < -0.3 is 15.1 Å². The van der Waals surface area contributed by atoms with Crippen molar-refractivity contribution in [2.75, 3.05) is 32.7 Å². The third-order valence-corrected chi connectivity index (χ3v) is 5.84. The maximum absolute atomic E-state index is 12.8. The molecule has 0 aromatic carbocycles. The van der Waals surface area contributed by atoms with Gasteiger partial charge in [-0.1, -0.05) is 19.3 Å². The minimum Gasteiger partial charge on any atom is -0.339 e. The number of nitrogens with one attached hydrogen (secondary N) is 2. The van der Waals surface area contributed by atoms with Crippen molar-refractivity contribution in [2.45, 2.75) is 45.1 Å². The maximum atomic E-state index is 12.8. The summed E-state index contributed by atoms with van der Waals surface area (Å²) >= 11 is 0. The van der Waals surface area contributed by atoms with E-state index in [0.717, 1.165) is 37.1 Å². The summed E-state index contributed by atoms with van der Waals surface area (Å²) in [6.07, 6.45) is 6.56. The molecule has 2 amide bonds. The van der Waals surface area contributed by atoms with Crippen LogP contribution in [-0.2, 0) is 17.8 Å². The third-order valence-electron chi connectivity index (χ3n) is 5.84. The zero-order valence-electron chi connectivity index (χ0n) is 15.1. The van der Waals surface area contributed by atoms with Gasteiger partial charge in [0.15, 0.2) is 5.69 Å². The summed E-state index contributed by atoms with van der Waals surface area (Å²) < 4.78 is 0. The van der Waals surface area contributed by atoms with Crippen molar-refractivity contribution in [3.63, 3.8) is 0 Å². The topological polar surface area (TPSA) is 81.3 Å². The van der Waals surface area contributed by atoms with Gasteiger partial charge in [-0.2, -0.15) is 5.10 Å². The summed E-state index contributed by atoms with van der Waals surface area (Å²) in [7, 11) is 0. The zero-order chi connectivity index (χ0) is 17.2. The molecule has 2 N–H and O–H groups in total. The first kappa shape index (κ1) is 19.2. The quantitative estimate of drug-likeness (QED) is 0.810. The van der Waals surface area contributed by atoms with Gasteiger partial charge in [0, 0.05) is 62.9 Å². The molecule has 2 aliphatic heterocycles. The van der Waals surface area contributed by atoms with E-state index in [1.165, 1.54) is 19.3 Å². The summed E-state index contributed by atoms with van der Waals surface area (Å²) in [6, 6.07) is 0. The van der Waals surface area contributed by atoms with Gasteiger partial charge in [0.1, 0.15) is 0 Å². The summed E-state index contributed by atoms with van der Waals surface area (Å²) in [5.74, 6) is 0.500. The lowest BCUT2D eigenvalue weighted by molar-refractivity contribution is -0.138. The molecule has 0 atom stereocenters. The number of aromatic nitrogens is 2. The van der Waals surface area contributed by atoms with Gasteiger partial charge >= 0.3 is 0 Å². The summed E-state index contributed by atoms with van der Waals surface area (Å²) in [5.41, 5.74) is 2.64. The number of nitrogens with zero attached hydrogens (tertiary/aromatic N) is 3. The van der Waals surface area contributed by atoms with Crippen molar-refractivity contribution in [2.24, 2.45) is 5.92 Å². The Hall–Kier alpha value is -1.60. The van der Waals surface area contributed by atoms with E-state index in [2.05, 4.69) is 15.5 Å². The molecule has 1 aliphatic carbocycles. The van der Waals surface area contributed by atoms with Gasteiger partial charge in [-0.25, -0.2) is 0 Å². The lowest BCUT2D eigenvalue weighted by Gasteiger charge is -2.37. The molecule has 3 heterocycles. The highest BCUT2D eigenvalue weighted by Crippen LogP contribution is 2.26. The molecule has 0 bridgehead atoms. The number of aromatic amines is 1. The van der Waals surface area contributed by atoms with Crippen LogP contribution in [-0.4, -0.2) is 64.5 Å². The van der Waals surface area contributed by atoms with Crippen molar-refractivity contribution >= 4 is 24.2 Å². The first-order valence-corrected chi connectivity index (χ1v) is 9.59. The van der Waals surface area contributed by atoms with Crippen LogP contribution in [0.2, 0.25) is 0 Å². The molecule has 3 aliphatic rings. The Morgan fingerprint density at radius 3 is 2.42 bits per heavy atom. The van der Waals surface area contributed by atoms with Crippen LogP contribution in [0, 0.1) is 5.92 Å². The first-order chi connectivity index (χ1) is 12.2. The average molecular weight is 382 g/mol. The van der Waals surface area contributed by atoms with Crippen molar-refractivity contribution in [3.8, 4) is 0 Å². The second kappa shape index (κ2) is 8.39. The molecule has 0 radical (unpaired) electrons. The predicted octanol–water partition coefficient (Wildman–Crippen LogP) is 1.34. The highest BCUT2D eigenvalue weighted by atomic mass is 35.5. The van der Waals surface area contributed by atoms with E-state index in [1.54, 1.807) is 0 Å². The Balaban J connectivity index is 0.00000196. The van der Waals surface area contributed by atoms with Crippen LogP contribution in [0.4, 0.5) is 0 Å². The van der Waals surface area contributed by atoms with Gasteiger partial charge in [-0.15, -0.1) is 12.4 Å². The Morgan fingerprint density at radius 1 is 1.00 bits per heavy atom. The first-order valence-electron chi connectivity index (χ1n) is 9.59. The van der Waals surface area contributed by atoms with E-state index < -0.39 is 0 Å². The van der Waals surface area contributed by atoms with Gasteiger partial charge in [0.25, 0.3) is 5.91 Å². The fraction of sp³-hybridized carbons (Fsp3) is 0.722. The molecule has 2 fully saturated rings. The Kier molecular flexibility index (Phi) is 6.19. The van der Waals surface area contributed by atoms with Crippen molar-refractivity contribution in [3.05, 3.63) is 17.0 Å². The van der Waals surface area contributed by atoms with Crippen LogP contribution in [0.25, 0.3) is 0 Å². The van der Waals surface area contributed by atoms with E-state index in [0.29, 0.717) is 44.3 Å². The van der Waals surface area contributed by atoms with Crippen molar-refractivity contribution < 1.29 is 9.59 Å². The van der Waals surface area contributed by atoms with Crippen molar-refractivity contribution in [1.29, 1.82) is 0 Å². The zero-order valence-corrected chi connectivity index (χ0v) is 15.9. The Labute approximate surface area is 160 Å². The fourth-order valence-electron chi connectivity index (χ4n) is 4.29. The van der Waals surface area contributed by atoms with Gasteiger partial charge in [-0.3, -0.25) is 14.7 Å². The molecule has 1 saturated carbocycles. The molecule has 8 heteroatoms. The Bertz CT molecular complexity index is 648. The summed E-state index contributed by atoms with van der Waals surface area (Å²) in [4.78, 5) is 29.3. The molecule has 1 aromatic rings. The molecule has 0 spiro atoms. The molecule has 7 nitrogen and oxygen atoms in total. The van der Waals surface area contributed by atoms with E-state index in [4.69, 9.17) is 0 Å². The SMILES string of the molecule is Cl.O=C(c1n[nH]c2c1CNCC2)N1CCN(C(=O)C2CCCCC2)CC1. The molecule has 0 unspecified atom stereocenters. The number of piperazine rings is 1. The average Bonchev–Trinajstić information content (AvgIpc) is 3.12. The van der Waals surface area contributed by atoms with Crippen LogP contribution in [0.1, 0.15) is 53.8 Å². The number of rotatable bonds is 2. The number of amides is 2. The van der Waals surface area contributed by atoms with Gasteiger partial charge in [0.2, 0.25) is 5.91 Å². The molecule has 4 rings (SSSR count). The second-order valence-corrected chi connectivity index (χ2v) is 7.41. The van der Waals surface area contributed by atoms with Crippen LogP contribution >= 0.6 is 12.4 Å². The lowest BCUT2D eigenvalue weighted by Crippen LogP contribution is -2.52. The molecule has 144 valence electrons. The van der Waals surface area contributed by atoms with Crippen LogP contribution in [0.15, 0.2) is 0 Å². The highest BCUT2D eigenvalue weighted by Gasteiger charge is 2.31. The van der Waals surface area contributed by atoms with E-state index in [9.17, 15) is 9.59 Å². The number of carbonyl (C=O) groups is 2. The predicted molar refractivity (Wildman–Crippen MR) is 100 cm³/mol. The van der Waals surface area contributed by atoms with Gasteiger partial charge in [0.05, 0.1) is 0 Å². The normalized spacial score (nSPS) is 21.1. The molecule has 1 aromatic heterocycles. The monoisotopic (exact) mass is 381 g/mol. The van der Waals surface area contributed by atoms with Crippen LogP contribution < -0.4 is 5.32 Å². The minimum absolute atomic E-state index is 0. The van der Waals surface area contributed by atoms with E-state index in [-0.39, 0.29) is 24.2 Å². The maximum Gasteiger partial charge on any atom is 0.274 e. The molecule has 1 saturated heterocycles. The standard InChI is InChI=1S/C18H27N5O2.ClH/c24-17(13-4-2-1-3-5-13)22-8-10-23(11-9-22)18(25)16-14-12-19-7-6-15(14)20-21-16;/h13,19H,1-12H2,(H,20,21);1H. The summed E-state index contributed by atoms with van der Waals surface area (Å²) in [6.45, 7) is 4.12. The molecule has 26 heavy (non-hydrogen) atoms. The smallest absolute Gasteiger partial charge is 0.274 e. The number of fused-ring (bicyclic) bond motifs is 1. The second-order valence-electron chi connectivity index (χ2n) is 7.41. The highest BCUT2D eigenvalue weighted by molar-refractivity contribution is 5.94. The fourth-order valence-corrected chi connectivity index (χ4v) is 4.29. The third kappa shape index (κ3) is 3.74. The van der Waals surface area contributed by atoms with Crippen molar-refractivity contribution in [1.82, 2.24) is 25.3 Å². The van der Waals surface area contributed by atoms with Gasteiger partial charge in [-0.05, 0) is 12.8 Å². The molecular formula is C18H28ClN5O2. The van der Waals surface area contributed by atoms with Crippen LogP contribution in [0.3, 0.4) is 0 Å². The minimum atomic E-state index is -0.00837. The number of halogens is 1. The largest absolute Gasteiger partial charge is 0.339 e. The van der Waals surface area contributed by atoms with E-state index in [1.807, 2.05) is 9.80 Å². The Morgan fingerprint density at radius 2 is 1.69 bits per heavy atom. The number of hydrogen-bond donors (Lipinski definition) is 2. The lowest BCUT2D eigenvalue weighted by atomic mass is 9.88. The summed E-state index contributed by atoms with van der Waals surface area (Å²) in [5, 5.41) is 10.6. The number of carbonyl (C=O) groups excluding carboxylic acids is 2. The van der Waals surface area contributed by atoms with Crippen LogP contribution in [0.5, 0.6) is 0 Å². The van der Waals surface area contributed by atoms with E-state index >= 15 is 0 Å².